The lowest BCUT2D eigenvalue weighted by molar-refractivity contribution is -0.129. The number of likely N-dealkylation sites (tertiary alicyclic amines) is 1. The summed E-state index contributed by atoms with van der Waals surface area (Å²) in [5, 5.41) is 0. The summed E-state index contributed by atoms with van der Waals surface area (Å²) in [5.74, 6) is 0.0352. The van der Waals surface area contributed by atoms with Crippen LogP contribution in [0.2, 0.25) is 0 Å². The lowest BCUT2D eigenvalue weighted by atomic mass is 10.1. The van der Waals surface area contributed by atoms with Crippen molar-refractivity contribution in [3.8, 4) is 0 Å². The first-order chi connectivity index (χ1) is 6.63. The first-order valence-electron chi connectivity index (χ1n) is 5.20. The topological polar surface area (TPSA) is 29.5 Å². The van der Waals surface area contributed by atoms with Crippen LogP contribution in [0.4, 0.5) is 0 Å². The van der Waals surface area contributed by atoms with E-state index in [1.807, 2.05) is 18.7 Å². The van der Waals surface area contributed by atoms with Crippen molar-refractivity contribution in [3.63, 3.8) is 0 Å². The molecule has 1 rings (SSSR count). The van der Waals surface area contributed by atoms with E-state index in [-0.39, 0.29) is 12.0 Å². The number of carbonyl (C=O) groups is 1. The van der Waals surface area contributed by atoms with Gasteiger partial charge in [0.25, 0.3) is 0 Å². The van der Waals surface area contributed by atoms with Gasteiger partial charge in [-0.05, 0) is 32.8 Å². The van der Waals surface area contributed by atoms with Crippen LogP contribution >= 0.6 is 0 Å². The largest absolute Gasteiger partial charge is 0.375 e. The Morgan fingerprint density at radius 1 is 1.50 bits per heavy atom. The molecule has 0 aliphatic carbocycles. The fraction of sp³-hybridized carbons (Fsp3) is 0.727. The van der Waals surface area contributed by atoms with Gasteiger partial charge in [-0.15, -0.1) is 0 Å². The van der Waals surface area contributed by atoms with Gasteiger partial charge in [-0.1, -0.05) is 6.58 Å². The monoisotopic (exact) mass is 197 g/mol. The Balaban J connectivity index is 2.31. The zero-order valence-corrected chi connectivity index (χ0v) is 9.03. The summed E-state index contributed by atoms with van der Waals surface area (Å²) in [6.07, 6.45) is 3.87. The van der Waals surface area contributed by atoms with Crippen molar-refractivity contribution in [1.82, 2.24) is 4.90 Å². The van der Waals surface area contributed by atoms with E-state index in [1.165, 1.54) is 6.08 Å². The molecule has 1 heterocycles. The van der Waals surface area contributed by atoms with Gasteiger partial charge in [-0.3, -0.25) is 4.79 Å². The molecule has 0 aromatic heterocycles. The fourth-order valence-electron chi connectivity index (χ4n) is 1.73. The van der Waals surface area contributed by atoms with Crippen LogP contribution in [0.25, 0.3) is 0 Å². The van der Waals surface area contributed by atoms with Gasteiger partial charge in [0.15, 0.2) is 0 Å². The van der Waals surface area contributed by atoms with E-state index in [9.17, 15) is 4.79 Å². The maximum absolute atomic E-state index is 11.3. The zero-order chi connectivity index (χ0) is 10.6. The Kier molecular flexibility index (Phi) is 4.14. The van der Waals surface area contributed by atoms with Gasteiger partial charge in [0.05, 0.1) is 12.2 Å². The highest BCUT2D eigenvalue weighted by Gasteiger charge is 2.22. The van der Waals surface area contributed by atoms with Gasteiger partial charge in [0.2, 0.25) is 5.91 Å². The van der Waals surface area contributed by atoms with E-state index < -0.39 is 0 Å². The van der Waals surface area contributed by atoms with Gasteiger partial charge in [0, 0.05) is 13.1 Å². The third-order valence-electron chi connectivity index (χ3n) is 2.39. The zero-order valence-electron chi connectivity index (χ0n) is 9.03. The molecule has 1 fully saturated rings. The first kappa shape index (κ1) is 11.2. The molecule has 0 aromatic rings. The molecule has 1 amide bonds. The third-order valence-corrected chi connectivity index (χ3v) is 2.39. The predicted octanol–water partition coefficient (Wildman–Crippen LogP) is 1.59. The molecule has 1 aliphatic rings. The van der Waals surface area contributed by atoms with Crippen molar-refractivity contribution < 1.29 is 9.53 Å². The summed E-state index contributed by atoms with van der Waals surface area (Å²) in [6.45, 7) is 9.15. The van der Waals surface area contributed by atoms with Crippen molar-refractivity contribution >= 4 is 5.91 Å². The minimum absolute atomic E-state index is 0.0352. The van der Waals surface area contributed by atoms with Crippen molar-refractivity contribution in [2.45, 2.75) is 38.9 Å². The quantitative estimate of drug-likeness (QED) is 0.643. The number of nitrogens with zero attached hydrogens (tertiary/aromatic N) is 1. The average molecular weight is 197 g/mol. The summed E-state index contributed by atoms with van der Waals surface area (Å²) in [7, 11) is 0. The molecule has 1 aliphatic heterocycles. The van der Waals surface area contributed by atoms with Gasteiger partial charge in [0.1, 0.15) is 0 Å². The molecule has 0 N–H and O–H groups in total. The van der Waals surface area contributed by atoms with E-state index in [4.69, 9.17) is 4.74 Å². The minimum Gasteiger partial charge on any atom is -0.375 e. The Bertz CT molecular complexity index is 205. The summed E-state index contributed by atoms with van der Waals surface area (Å²) in [6, 6.07) is 0. The molecule has 0 aromatic carbocycles. The minimum atomic E-state index is 0.0352. The van der Waals surface area contributed by atoms with E-state index >= 15 is 0 Å². The highest BCUT2D eigenvalue weighted by atomic mass is 16.5. The first-order valence-corrected chi connectivity index (χ1v) is 5.20. The molecular weight excluding hydrogens is 178 g/mol. The van der Waals surface area contributed by atoms with Crippen LogP contribution in [0.1, 0.15) is 26.7 Å². The smallest absolute Gasteiger partial charge is 0.245 e. The number of piperidine rings is 1. The van der Waals surface area contributed by atoms with Crippen LogP contribution in [-0.2, 0) is 9.53 Å². The predicted molar refractivity (Wildman–Crippen MR) is 56.0 cm³/mol. The molecule has 0 bridgehead atoms. The molecule has 1 saturated heterocycles. The Hall–Kier alpha value is -0.830. The number of hydrogen-bond acceptors (Lipinski definition) is 2. The molecule has 3 heteroatoms. The van der Waals surface area contributed by atoms with Crippen LogP contribution in [0.3, 0.4) is 0 Å². The normalized spacial score (nSPS) is 18.6. The van der Waals surface area contributed by atoms with Gasteiger partial charge in [-0.2, -0.15) is 0 Å². The van der Waals surface area contributed by atoms with E-state index in [1.54, 1.807) is 0 Å². The number of rotatable bonds is 3. The molecule has 14 heavy (non-hydrogen) atoms. The van der Waals surface area contributed by atoms with E-state index in [0.717, 1.165) is 25.9 Å². The SMILES string of the molecule is C=CC(=O)N1CCC(OC(C)C)CC1. The molecular formula is C11H19NO2. The fourth-order valence-corrected chi connectivity index (χ4v) is 1.73. The summed E-state index contributed by atoms with van der Waals surface area (Å²) < 4.78 is 5.69. The highest BCUT2D eigenvalue weighted by molar-refractivity contribution is 5.87. The summed E-state index contributed by atoms with van der Waals surface area (Å²) in [4.78, 5) is 13.1. The van der Waals surface area contributed by atoms with Gasteiger partial charge in [-0.25, -0.2) is 0 Å². The molecule has 80 valence electrons. The van der Waals surface area contributed by atoms with Gasteiger partial charge >= 0.3 is 0 Å². The second kappa shape index (κ2) is 5.15. The van der Waals surface area contributed by atoms with Gasteiger partial charge < -0.3 is 9.64 Å². The lowest BCUT2D eigenvalue weighted by Crippen LogP contribution is -2.40. The third kappa shape index (κ3) is 3.14. The number of ether oxygens (including phenoxy) is 1. The Labute approximate surface area is 85.7 Å². The highest BCUT2D eigenvalue weighted by Crippen LogP contribution is 2.15. The maximum atomic E-state index is 11.3. The molecule has 0 unspecified atom stereocenters. The van der Waals surface area contributed by atoms with Crippen LogP contribution in [0, 0.1) is 0 Å². The molecule has 0 saturated carbocycles. The Morgan fingerprint density at radius 2 is 2.07 bits per heavy atom. The van der Waals surface area contributed by atoms with E-state index in [0.29, 0.717) is 6.10 Å². The summed E-state index contributed by atoms with van der Waals surface area (Å²) >= 11 is 0. The average Bonchev–Trinajstić information content (AvgIpc) is 2.17. The van der Waals surface area contributed by atoms with E-state index in [2.05, 4.69) is 6.58 Å². The van der Waals surface area contributed by atoms with Crippen LogP contribution in [-0.4, -0.2) is 36.1 Å². The van der Waals surface area contributed by atoms with Crippen molar-refractivity contribution in [1.29, 1.82) is 0 Å². The number of carbonyl (C=O) groups excluding carboxylic acids is 1. The van der Waals surface area contributed by atoms with Crippen LogP contribution < -0.4 is 0 Å². The molecule has 0 atom stereocenters. The standard InChI is InChI=1S/C11H19NO2/c1-4-11(13)12-7-5-10(6-8-12)14-9(2)3/h4,9-10H,1,5-8H2,2-3H3. The maximum Gasteiger partial charge on any atom is 0.245 e. The molecule has 0 radical (unpaired) electrons. The van der Waals surface area contributed by atoms with Crippen LogP contribution in [0.5, 0.6) is 0 Å². The van der Waals surface area contributed by atoms with Crippen molar-refractivity contribution in [2.75, 3.05) is 13.1 Å². The molecule has 0 spiro atoms. The summed E-state index contributed by atoms with van der Waals surface area (Å²) in [5.41, 5.74) is 0. The van der Waals surface area contributed by atoms with Crippen molar-refractivity contribution in [3.05, 3.63) is 12.7 Å². The second-order valence-corrected chi connectivity index (χ2v) is 3.91. The number of amides is 1. The molecule has 3 nitrogen and oxygen atoms in total. The second-order valence-electron chi connectivity index (χ2n) is 3.91. The number of hydrogen-bond donors (Lipinski definition) is 0. The Morgan fingerprint density at radius 3 is 2.50 bits per heavy atom. The van der Waals surface area contributed by atoms with Crippen LogP contribution in [0.15, 0.2) is 12.7 Å². The van der Waals surface area contributed by atoms with Crippen molar-refractivity contribution in [2.24, 2.45) is 0 Å². The lowest BCUT2D eigenvalue weighted by Gasteiger charge is -2.32.